The highest BCUT2D eigenvalue weighted by atomic mass is 35.5. The Kier molecular flexibility index (Phi) is 3.76. The summed E-state index contributed by atoms with van der Waals surface area (Å²) in [5.41, 5.74) is 3.04. The third-order valence-corrected chi connectivity index (χ3v) is 2.69. The van der Waals surface area contributed by atoms with Crippen molar-refractivity contribution in [1.29, 1.82) is 0 Å². The van der Waals surface area contributed by atoms with E-state index in [1.807, 2.05) is 0 Å². The van der Waals surface area contributed by atoms with Crippen molar-refractivity contribution in [3.63, 3.8) is 0 Å². The minimum absolute atomic E-state index is 0. The lowest BCUT2D eigenvalue weighted by molar-refractivity contribution is 0.530. The Labute approximate surface area is 86.0 Å². The second kappa shape index (κ2) is 4.64. The number of nitrogens with one attached hydrogen (secondary N) is 1. The molecule has 1 N–H and O–H groups in total. The van der Waals surface area contributed by atoms with Crippen LogP contribution in [0.5, 0.6) is 0 Å². The fourth-order valence-corrected chi connectivity index (χ4v) is 1.95. The van der Waals surface area contributed by atoms with Crippen molar-refractivity contribution < 1.29 is 0 Å². The van der Waals surface area contributed by atoms with Crippen LogP contribution < -0.4 is 5.32 Å². The van der Waals surface area contributed by atoms with Gasteiger partial charge in [0.2, 0.25) is 0 Å². The zero-order chi connectivity index (χ0) is 8.39. The average Bonchev–Trinajstić information content (AvgIpc) is 2.17. The zero-order valence-corrected chi connectivity index (χ0v) is 8.73. The average molecular weight is 198 g/mol. The molecule has 0 spiro atoms. The van der Waals surface area contributed by atoms with Crippen molar-refractivity contribution in [3.8, 4) is 0 Å². The molecule has 72 valence electrons. The maximum absolute atomic E-state index is 3.44. The largest absolute Gasteiger partial charge is 0.312 e. The van der Waals surface area contributed by atoms with E-state index in [9.17, 15) is 0 Å². The van der Waals surface area contributed by atoms with Crippen LogP contribution in [0.1, 0.15) is 30.4 Å². The Morgan fingerprint density at radius 1 is 1.38 bits per heavy atom. The predicted molar refractivity (Wildman–Crippen MR) is 58.4 cm³/mol. The van der Waals surface area contributed by atoms with E-state index >= 15 is 0 Å². The van der Waals surface area contributed by atoms with E-state index in [1.54, 1.807) is 5.56 Å². The first-order valence-electron chi connectivity index (χ1n) is 4.70. The van der Waals surface area contributed by atoms with Gasteiger partial charge in [0.1, 0.15) is 0 Å². The van der Waals surface area contributed by atoms with E-state index in [-0.39, 0.29) is 12.4 Å². The number of fused-ring (bicyclic) bond motifs is 1. The normalized spacial score (nSPS) is 20.2. The Morgan fingerprint density at radius 3 is 2.92 bits per heavy atom. The molecule has 1 unspecified atom stereocenters. The summed E-state index contributed by atoms with van der Waals surface area (Å²) >= 11 is 0. The van der Waals surface area contributed by atoms with Crippen LogP contribution in [-0.4, -0.2) is 6.54 Å². The standard InChI is InChI=1S/C11H15N.ClH/c1-2-9-7-12-8-10-5-3-4-6-11(9)10;/h3-6,9,12H,2,7-8H2,1H3;1H. The molecule has 0 saturated heterocycles. The van der Waals surface area contributed by atoms with Gasteiger partial charge in [-0.2, -0.15) is 0 Å². The third-order valence-electron chi connectivity index (χ3n) is 2.69. The summed E-state index contributed by atoms with van der Waals surface area (Å²) in [6.07, 6.45) is 1.24. The lowest BCUT2D eigenvalue weighted by Gasteiger charge is -2.25. The van der Waals surface area contributed by atoms with Crippen molar-refractivity contribution >= 4 is 12.4 Å². The van der Waals surface area contributed by atoms with E-state index in [2.05, 4.69) is 36.5 Å². The van der Waals surface area contributed by atoms with Crippen molar-refractivity contribution in [3.05, 3.63) is 35.4 Å². The number of benzene rings is 1. The van der Waals surface area contributed by atoms with Crippen LogP contribution in [0.15, 0.2) is 24.3 Å². The maximum Gasteiger partial charge on any atom is 0.0208 e. The lowest BCUT2D eigenvalue weighted by Crippen LogP contribution is -2.27. The first kappa shape index (κ1) is 10.6. The van der Waals surface area contributed by atoms with Gasteiger partial charge in [-0.05, 0) is 23.5 Å². The topological polar surface area (TPSA) is 12.0 Å². The molecule has 1 aliphatic heterocycles. The molecule has 0 aromatic heterocycles. The van der Waals surface area contributed by atoms with Gasteiger partial charge in [0.15, 0.2) is 0 Å². The SMILES string of the molecule is CCC1CNCc2ccccc21.Cl. The van der Waals surface area contributed by atoms with E-state index < -0.39 is 0 Å². The molecule has 0 saturated carbocycles. The predicted octanol–water partition coefficient (Wildman–Crippen LogP) is 2.71. The number of halogens is 1. The minimum atomic E-state index is 0. The third kappa shape index (κ3) is 2.04. The number of rotatable bonds is 1. The number of hydrogen-bond donors (Lipinski definition) is 1. The summed E-state index contributed by atoms with van der Waals surface area (Å²) in [5, 5.41) is 3.44. The molecular formula is C11H16ClN. The van der Waals surface area contributed by atoms with Gasteiger partial charge in [-0.15, -0.1) is 12.4 Å². The lowest BCUT2D eigenvalue weighted by atomic mass is 9.89. The van der Waals surface area contributed by atoms with Crippen LogP contribution in [0.25, 0.3) is 0 Å². The van der Waals surface area contributed by atoms with Crippen LogP contribution in [0.2, 0.25) is 0 Å². The van der Waals surface area contributed by atoms with Crippen LogP contribution in [0.3, 0.4) is 0 Å². The fourth-order valence-electron chi connectivity index (χ4n) is 1.95. The van der Waals surface area contributed by atoms with Gasteiger partial charge in [-0.25, -0.2) is 0 Å². The molecule has 1 heterocycles. The van der Waals surface area contributed by atoms with Crippen molar-refractivity contribution in [1.82, 2.24) is 5.32 Å². The van der Waals surface area contributed by atoms with Crippen LogP contribution in [0, 0.1) is 0 Å². The van der Waals surface area contributed by atoms with E-state index in [0.29, 0.717) is 0 Å². The smallest absolute Gasteiger partial charge is 0.0208 e. The van der Waals surface area contributed by atoms with Gasteiger partial charge in [-0.3, -0.25) is 0 Å². The molecule has 1 aromatic carbocycles. The molecule has 1 nitrogen and oxygen atoms in total. The van der Waals surface area contributed by atoms with Gasteiger partial charge in [0.25, 0.3) is 0 Å². The summed E-state index contributed by atoms with van der Waals surface area (Å²) in [4.78, 5) is 0. The molecule has 0 fully saturated rings. The summed E-state index contributed by atoms with van der Waals surface area (Å²) in [5.74, 6) is 0.731. The van der Waals surface area contributed by atoms with E-state index in [4.69, 9.17) is 0 Å². The molecule has 0 bridgehead atoms. The Hall–Kier alpha value is -0.530. The van der Waals surface area contributed by atoms with Crippen molar-refractivity contribution in [2.24, 2.45) is 0 Å². The molecular weight excluding hydrogens is 182 g/mol. The van der Waals surface area contributed by atoms with Gasteiger partial charge >= 0.3 is 0 Å². The van der Waals surface area contributed by atoms with Gasteiger partial charge in [0, 0.05) is 13.1 Å². The van der Waals surface area contributed by atoms with Crippen molar-refractivity contribution in [2.75, 3.05) is 6.54 Å². The highest BCUT2D eigenvalue weighted by Crippen LogP contribution is 2.25. The first-order valence-corrected chi connectivity index (χ1v) is 4.70. The van der Waals surface area contributed by atoms with E-state index in [0.717, 1.165) is 19.0 Å². The highest BCUT2D eigenvalue weighted by molar-refractivity contribution is 5.85. The summed E-state index contributed by atoms with van der Waals surface area (Å²) in [6, 6.07) is 8.76. The van der Waals surface area contributed by atoms with Crippen LogP contribution in [-0.2, 0) is 6.54 Å². The van der Waals surface area contributed by atoms with Gasteiger partial charge < -0.3 is 5.32 Å². The van der Waals surface area contributed by atoms with Crippen molar-refractivity contribution in [2.45, 2.75) is 25.8 Å². The monoisotopic (exact) mass is 197 g/mol. The molecule has 1 aliphatic rings. The Balaban J connectivity index is 0.000000845. The molecule has 0 radical (unpaired) electrons. The van der Waals surface area contributed by atoms with Gasteiger partial charge in [0.05, 0.1) is 0 Å². The summed E-state index contributed by atoms with van der Waals surface area (Å²) in [7, 11) is 0. The summed E-state index contributed by atoms with van der Waals surface area (Å²) in [6.45, 7) is 4.45. The molecule has 1 atom stereocenters. The molecule has 13 heavy (non-hydrogen) atoms. The van der Waals surface area contributed by atoms with Crippen LogP contribution >= 0.6 is 12.4 Å². The Morgan fingerprint density at radius 2 is 2.15 bits per heavy atom. The maximum atomic E-state index is 3.44. The molecule has 0 amide bonds. The zero-order valence-electron chi connectivity index (χ0n) is 7.92. The van der Waals surface area contributed by atoms with E-state index in [1.165, 1.54) is 12.0 Å². The first-order chi connectivity index (χ1) is 5.92. The molecule has 2 heteroatoms. The fraction of sp³-hybridized carbons (Fsp3) is 0.455. The minimum Gasteiger partial charge on any atom is -0.312 e. The molecule has 0 aliphatic carbocycles. The Bertz CT molecular complexity index is 273. The van der Waals surface area contributed by atoms with Gasteiger partial charge in [-0.1, -0.05) is 31.2 Å². The quantitative estimate of drug-likeness (QED) is 0.730. The second-order valence-electron chi connectivity index (χ2n) is 3.43. The second-order valence-corrected chi connectivity index (χ2v) is 3.43. The number of hydrogen-bond acceptors (Lipinski definition) is 1. The molecule has 1 aromatic rings. The summed E-state index contributed by atoms with van der Waals surface area (Å²) < 4.78 is 0. The van der Waals surface area contributed by atoms with Crippen LogP contribution in [0.4, 0.5) is 0 Å². The molecule has 2 rings (SSSR count). The highest BCUT2D eigenvalue weighted by Gasteiger charge is 2.16.